The van der Waals surface area contributed by atoms with E-state index < -0.39 is 12.0 Å². The van der Waals surface area contributed by atoms with Crippen LogP contribution in [0.3, 0.4) is 0 Å². The number of nitrogens with one attached hydrogen (secondary N) is 1. The molecule has 0 aliphatic carbocycles. The molecule has 170 valence electrons. The van der Waals surface area contributed by atoms with Gasteiger partial charge in [0.1, 0.15) is 12.4 Å². The van der Waals surface area contributed by atoms with Gasteiger partial charge in [0.25, 0.3) is 0 Å². The molecule has 1 atom stereocenters. The number of hydrogen-bond acceptors (Lipinski definition) is 4. The molecule has 0 aromatic heterocycles. The van der Waals surface area contributed by atoms with Crippen LogP contribution in [0, 0.1) is 13.8 Å². The highest BCUT2D eigenvalue weighted by Gasteiger charge is 2.37. The minimum Gasteiger partial charge on any atom is -0.487 e. The summed E-state index contributed by atoms with van der Waals surface area (Å²) >= 11 is 0. The summed E-state index contributed by atoms with van der Waals surface area (Å²) in [4.78, 5) is 27.4. The summed E-state index contributed by atoms with van der Waals surface area (Å²) in [6, 6.07) is 12.9. The summed E-state index contributed by atoms with van der Waals surface area (Å²) in [5.41, 5.74) is 4.86. The van der Waals surface area contributed by atoms with Crippen molar-refractivity contribution in [3.63, 3.8) is 0 Å². The Kier molecular flexibility index (Phi) is 7.23. The first-order valence-corrected chi connectivity index (χ1v) is 11.0. The largest absolute Gasteiger partial charge is 0.487 e. The lowest BCUT2D eigenvalue weighted by Gasteiger charge is -2.35. The maximum absolute atomic E-state index is 13.1. The van der Waals surface area contributed by atoms with Gasteiger partial charge in [-0.25, -0.2) is 9.59 Å². The number of aryl methyl sites for hydroxylation is 2. The minimum absolute atomic E-state index is 0.0726. The summed E-state index contributed by atoms with van der Waals surface area (Å²) in [5, 5.41) is 2.97. The SMILES string of the molecule is CCOC(=O)C1=C(COc2ccccc2C(C)C)N(C)C(=O)NC1c1cc(C)ccc1C. The highest BCUT2D eigenvalue weighted by Crippen LogP contribution is 2.34. The van der Waals surface area contributed by atoms with Crippen LogP contribution in [0.5, 0.6) is 5.75 Å². The fourth-order valence-electron chi connectivity index (χ4n) is 3.92. The number of carbonyl (C=O) groups is 2. The second-order valence-corrected chi connectivity index (χ2v) is 8.36. The summed E-state index contributed by atoms with van der Waals surface area (Å²) in [7, 11) is 1.64. The monoisotopic (exact) mass is 436 g/mol. The molecular weight excluding hydrogens is 404 g/mol. The van der Waals surface area contributed by atoms with Crippen molar-refractivity contribution in [2.45, 2.75) is 46.6 Å². The first-order chi connectivity index (χ1) is 15.2. The first-order valence-electron chi connectivity index (χ1n) is 11.0. The Morgan fingerprint density at radius 3 is 2.56 bits per heavy atom. The average Bonchev–Trinajstić information content (AvgIpc) is 2.76. The van der Waals surface area contributed by atoms with E-state index in [9.17, 15) is 9.59 Å². The number of esters is 1. The van der Waals surface area contributed by atoms with E-state index in [0.29, 0.717) is 11.3 Å². The molecule has 1 aliphatic heterocycles. The quantitative estimate of drug-likeness (QED) is 0.619. The van der Waals surface area contributed by atoms with Crippen LogP contribution >= 0.6 is 0 Å². The number of rotatable bonds is 7. The number of para-hydroxylation sites is 1. The van der Waals surface area contributed by atoms with Gasteiger partial charge in [0.15, 0.2) is 0 Å². The fourth-order valence-corrected chi connectivity index (χ4v) is 3.92. The van der Waals surface area contributed by atoms with Crippen LogP contribution in [0.4, 0.5) is 4.79 Å². The molecule has 6 heteroatoms. The third-order valence-corrected chi connectivity index (χ3v) is 5.72. The molecule has 0 radical (unpaired) electrons. The van der Waals surface area contributed by atoms with E-state index in [2.05, 4.69) is 19.2 Å². The van der Waals surface area contributed by atoms with Crippen LogP contribution < -0.4 is 10.1 Å². The van der Waals surface area contributed by atoms with Gasteiger partial charge in [0, 0.05) is 7.05 Å². The summed E-state index contributed by atoms with van der Waals surface area (Å²) in [6.07, 6.45) is 0. The van der Waals surface area contributed by atoms with Crippen LogP contribution in [0.1, 0.15) is 55.0 Å². The van der Waals surface area contributed by atoms with Gasteiger partial charge in [0.05, 0.1) is 23.9 Å². The maximum atomic E-state index is 13.1. The molecule has 1 unspecified atom stereocenters. The number of benzene rings is 2. The molecule has 0 saturated carbocycles. The zero-order chi connectivity index (χ0) is 23.4. The summed E-state index contributed by atoms with van der Waals surface area (Å²) < 4.78 is 11.6. The molecule has 0 fully saturated rings. The highest BCUT2D eigenvalue weighted by atomic mass is 16.5. The highest BCUT2D eigenvalue weighted by molar-refractivity contribution is 5.95. The number of ether oxygens (including phenoxy) is 2. The van der Waals surface area contributed by atoms with E-state index in [4.69, 9.17) is 9.47 Å². The van der Waals surface area contributed by atoms with Crippen molar-refractivity contribution in [1.29, 1.82) is 0 Å². The van der Waals surface area contributed by atoms with Gasteiger partial charge in [-0.05, 0) is 49.4 Å². The molecule has 32 heavy (non-hydrogen) atoms. The van der Waals surface area contributed by atoms with Crippen molar-refractivity contribution in [3.8, 4) is 5.75 Å². The lowest BCUT2D eigenvalue weighted by molar-refractivity contribution is -0.139. The van der Waals surface area contributed by atoms with Gasteiger partial charge < -0.3 is 14.8 Å². The van der Waals surface area contributed by atoms with Gasteiger partial charge in [-0.15, -0.1) is 0 Å². The predicted molar refractivity (Wildman–Crippen MR) is 125 cm³/mol. The van der Waals surface area contributed by atoms with Gasteiger partial charge in [0.2, 0.25) is 0 Å². The van der Waals surface area contributed by atoms with Crippen molar-refractivity contribution < 1.29 is 19.1 Å². The standard InChI is InChI=1S/C26H32N2O4/c1-7-31-25(29)23-21(15-32-22-11-9-8-10-19(22)16(2)3)28(6)26(30)27-24(23)20-14-17(4)12-13-18(20)5/h8-14,16,24H,7,15H2,1-6H3,(H,27,30). The number of likely N-dealkylation sites (N-methyl/N-ethyl adjacent to an activating group) is 1. The van der Waals surface area contributed by atoms with Gasteiger partial charge in [-0.3, -0.25) is 4.90 Å². The molecule has 0 bridgehead atoms. The number of carbonyl (C=O) groups excluding carboxylic acids is 2. The van der Waals surface area contributed by atoms with Crippen molar-refractivity contribution >= 4 is 12.0 Å². The molecule has 1 heterocycles. The predicted octanol–water partition coefficient (Wildman–Crippen LogP) is 5.02. The van der Waals surface area contributed by atoms with Crippen LogP contribution in [-0.4, -0.2) is 37.2 Å². The third-order valence-electron chi connectivity index (χ3n) is 5.72. The van der Waals surface area contributed by atoms with E-state index in [-0.39, 0.29) is 25.2 Å². The topological polar surface area (TPSA) is 67.9 Å². The number of amides is 2. The molecular formula is C26H32N2O4. The zero-order valence-corrected chi connectivity index (χ0v) is 19.7. The summed E-state index contributed by atoms with van der Waals surface area (Å²) in [6.45, 7) is 10.2. The Morgan fingerprint density at radius 1 is 1.16 bits per heavy atom. The van der Waals surface area contributed by atoms with E-state index in [0.717, 1.165) is 28.0 Å². The van der Waals surface area contributed by atoms with Crippen molar-refractivity contribution in [2.75, 3.05) is 20.3 Å². The van der Waals surface area contributed by atoms with Crippen LogP contribution in [0.15, 0.2) is 53.7 Å². The van der Waals surface area contributed by atoms with Crippen molar-refractivity contribution in [2.24, 2.45) is 0 Å². The molecule has 6 nitrogen and oxygen atoms in total. The van der Waals surface area contributed by atoms with E-state index in [1.54, 1.807) is 14.0 Å². The second kappa shape index (κ2) is 9.90. The summed E-state index contributed by atoms with van der Waals surface area (Å²) in [5.74, 6) is 0.557. The number of hydrogen-bond donors (Lipinski definition) is 1. The lowest BCUT2D eigenvalue weighted by Crippen LogP contribution is -2.48. The minimum atomic E-state index is -0.614. The Morgan fingerprint density at radius 2 is 1.88 bits per heavy atom. The smallest absolute Gasteiger partial charge is 0.338 e. The Labute approximate surface area is 190 Å². The van der Waals surface area contributed by atoms with Gasteiger partial charge in [-0.2, -0.15) is 0 Å². The molecule has 0 saturated heterocycles. The Bertz CT molecular complexity index is 1040. The normalized spacial score (nSPS) is 16.3. The molecule has 2 aromatic rings. The number of nitrogens with zero attached hydrogens (tertiary/aromatic N) is 1. The second-order valence-electron chi connectivity index (χ2n) is 8.36. The third kappa shape index (κ3) is 4.79. The Hall–Kier alpha value is -3.28. The first kappa shape index (κ1) is 23.4. The molecule has 0 spiro atoms. The average molecular weight is 437 g/mol. The molecule has 3 rings (SSSR count). The van der Waals surface area contributed by atoms with Crippen LogP contribution in [-0.2, 0) is 9.53 Å². The molecule has 1 N–H and O–H groups in total. The van der Waals surface area contributed by atoms with Crippen molar-refractivity contribution in [1.82, 2.24) is 10.2 Å². The number of urea groups is 1. The molecule has 2 amide bonds. The van der Waals surface area contributed by atoms with E-state index in [1.165, 1.54) is 4.90 Å². The van der Waals surface area contributed by atoms with E-state index in [1.807, 2.05) is 56.3 Å². The lowest BCUT2D eigenvalue weighted by atomic mass is 9.90. The van der Waals surface area contributed by atoms with Gasteiger partial charge >= 0.3 is 12.0 Å². The van der Waals surface area contributed by atoms with E-state index >= 15 is 0 Å². The van der Waals surface area contributed by atoms with Crippen molar-refractivity contribution in [3.05, 3.63) is 76.0 Å². The molecule has 1 aliphatic rings. The maximum Gasteiger partial charge on any atom is 0.338 e. The Balaban J connectivity index is 2.09. The van der Waals surface area contributed by atoms with Gasteiger partial charge in [-0.1, -0.05) is 55.8 Å². The zero-order valence-electron chi connectivity index (χ0n) is 19.7. The van der Waals surface area contributed by atoms with Crippen LogP contribution in [0.25, 0.3) is 0 Å². The van der Waals surface area contributed by atoms with Crippen LogP contribution in [0.2, 0.25) is 0 Å². The fraction of sp³-hybridized carbons (Fsp3) is 0.385. The molecule has 2 aromatic carbocycles.